The van der Waals surface area contributed by atoms with Crippen molar-refractivity contribution in [3.05, 3.63) is 0 Å². The van der Waals surface area contributed by atoms with Crippen LogP contribution in [0.3, 0.4) is 0 Å². The summed E-state index contributed by atoms with van der Waals surface area (Å²) in [5, 5.41) is 10.1. The number of carboxylic acids is 1. The first-order valence-electron chi connectivity index (χ1n) is 8.37. The lowest BCUT2D eigenvalue weighted by atomic mass is 9.61. The van der Waals surface area contributed by atoms with E-state index in [-0.39, 0.29) is 11.3 Å². The summed E-state index contributed by atoms with van der Waals surface area (Å²) >= 11 is 0. The molecule has 2 unspecified atom stereocenters. The van der Waals surface area contributed by atoms with E-state index in [1.807, 2.05) is 0 Å². The first-order chi connectivity index (χ1) is 9.39. The fraction of sp³-hybridized carbons (Fsp3) is 0.941. The van der Waals surface area contributed by atoms with Crippen LogP contribution >= 0.6 is 0 Å². The van der Waals surface area contributed by atoms with Crippen molar-refractivity contribution >= 4 is 5.97 Å². The maximum absolute atomic E-state index is 12.3. The van der Waals surface area contributed by atoms with Crippen molar-refractivity contribution in [1.82, 2.24) is 4.90 Å². The number of rotatable bonds is 2. The second kappa shape index (κ2) is 6.05. The molecule has 1 aliphatic heterocycles. The van der Waals surface area contributed by atoms with Crippen LogP contribution in [0.4, 0.5) is 0 Å². The summed E-state index contributed by atoms with van der Waals surface area (Å²) in [7, 11) is 0. The lowest BCUT2D eigenvalue weighted by Gasteiger charge is -2.52. The molecule has 0 spiro atoms. The van der Waals surface area contributed by atoms with Gasteiger partial charge in [0, 0.05) is 0 Å². The van der Waals surface area contributed by atoms with Crippen LogP contribution in [0, 0.1) is 11.3 Å². The van der Waals surface area contributed by atoms with Crippen LogP contribution in [0.5, 0.6) is 0 Å². The zero-order valence-corrected chi connectivity index (χ0v) is 13.5. The summed E-state index contributed by atoms with van der Waals surface area (Å²) in [6.07, 6.45) is 8.98. The zero-order chi connectivity index (χ0) is 14.8. The molecule has 116 valence electrons. The van der Waals surface area contributed by atoms with E-state index < -0.39 is 11.5 Å². The van der Waals surface area contributed by atoms with Crippen molar-refractivity contribution in [2.75, 3.05) is 13.1 Å². The van der Waals surface area contributed by atoms with Gasteiger partial charge in [-0.1, -0.05) is 46.5 Å². The van der Waals surface area contributed by atoms with Crippen LogP contribution in [0.25, 0.3) is 0 Å². The Hall–Kier alpha value is -0.570. The van der Waals surface area contributed by atoms with Crippen molar-refractivity contribution in [2.24, 2.45) is 11.3 Å². The highest BCUT2D eigenvalue weighted by Gasteiger charge is 2.54. The first kappa shape index (κ1) is 15.8. The molecule has 2 aliphatic rings. The van der Waals surface area contributed by atoms with Crippen LogP contribution in [0.1, 0.15) is 72.1 Å². The highest BCUT2D eigenvalue weighted by molar-refractivity contribution is 5.79. The molecule has 1 N–H and O–H groups in total. The Morgan fingerprint density at radius 1 is 1.05 bits per heavy atom. The van der Waals surface area contributed by atoms with Gasteiger partial charge in [0.25, 0.3) is 0 Å². The van der Waals surface area contributed by atoms with Crippen molar-refractivity contribution in [3.63, 3.8) is 0 Å². The van der Waals surface area contributed by atoms with Crippen molar-refractivity contribution in [1.29, 1.82) is 0 Å². The van der Waals surface area contributed by atoms with Gasteiger partial charge >= 0.3 is 5.97 Å². The van der Waals surface area contributed by atoms with E-state index in [4.69, 9.17) is 0 Å². The van der Waals surface area contributed by atoms with E-state index in [2.05, 4.69) is 25.7 Å². The van der Waals surface area contributed by atoms with E-state index in [0.29, 0.717) is 0 Å². The molecule has 1 heterocycles. The molecule has 2 fully saturated rings. The van der Waals surface area contributed by atoms with Gasteiger partial charge in [0.2, 0.25) is 0 Å². The van der Waals surface area contributed by atoms with E-state index in [1.165, 1.54) is 19.3 Å². The molecule has 0 aromatic rings. The maximum Gasteiger partial charge on any atom is 0.324 e. The predicted octanol–water partition coefficient (Wildman–Crippen LogP) is 3.92. The van der Waals surface area contributed by atoms with Crippen LogP contribution in [-0.2, 0) is 4.79 Å². The largest absolute Gasteiger partial charge is 0.480 e. The molecular formula is C17H31NO2. The minimum atomic E-state index is -0.610. The zero-order valence-electron chi connectivity index (χ0n) is 13.5. The summed E-state index contributed by atoms with van der Waals surface area (Å²) in [5.41, 5.74) is -0.550. The lowest BCUT2D eigenvalue weighted by molar-refractivity contribution is -0.164. The predicted molar refractivity (Wildman–Crippen MR) is 81.8 cm³/mol. The topological polar surface area (TPSA) is 40.5 Å². The average molecular weight is 281 g/mol. The number of nitrogens with zero attached hydrogens (tertiary/aromatic N) is 1. The van der Waals surface area contributed by atoms with E-state index in [1.54, 1.807) is 0 Å². The van der Waals surface area contributed by atoms with Crippen molar-refractivity contribution < 1.29 is 9.90 Å². The number of carboxylic acid groups (broad SMARTS) is 1. The number of hydrogen-bond acceptors (Lipinski definition) is 2. The lowest BCUT2D eigenvalue weighted by Crippen LogP contribution is -2.63. The summed E-state index contributed by atoms with van der Waals surface area (Å²) in [6.45, 7) is 8.60. The summed E-state index contributed by atoms with van der Waals surface area (Å²) < 4.78 is 0. The Kier molecular flexibility index (Phi) is 4.78. The SMILES string of the molecule is CC(C)(C)C1CCCCC1(C(=O)O)N1CCCCCC1. The van der Waals surface area contributed by atoms with Crippen LogP contribution in [0.2, 0.25) is 0 Å². The normalized spacial score (nSPS) is 33.6. The van der Waals surface area contributed by atoms with Gasteiger partial charge in [0.15, 0.2) is 0 Å². The molecule has 3 heteroatoms. The highest BCUT2D eigenvalue weighted by atomic mass is 16.4. The molecule has 1 aliphatic carbocycles. The third-order valence-corrected chi connectivity index (χ3v) is 5.46. The molecule has 0 amide bonds. The monoisotopic (exact) mass is 281 g/mol. The quantitative estimate of drug-likeness (QED) is 0.834. The number of hydrogen-bond donors (Lipinski definition) is 1. The second-order valence-corrected chi connectivity index (χ2v) is 7.80. The van der Waals surface area contributed by atoms with Gasteiger partial charge in [-0.05, 0) is 50.1 Å². The number of likely N-dealkylation sites (tertiary alicyclic amines) is 1. The third kappa shape index (κ3) is 2.88. The van der Waals surface area contributed by atoms with Crippen LogP contribution in [-0.4, -0.2) is 34.6 Å². The molecule has 1 saturated carbocycles. The Balaban J connectivity index is 2.36. The number of aliphatic carboxylic acids is 1. The third-order valence-electron chi connectivity index (χ3n) is 5.46. The minimum absolute atomic E-state index is 0.0606. The Bertz CT molecular complexity index is 339. The fourth-order valence-electron chi connectivity index (χ4n) is 4.54. The van der Waals surface area contributed by atoms with E-state index in [9.17, 15) is 9.90 Å². The summed E-state index contributed by atoms with van der Waals surface area (Å²) in [5.74, 6) is -0.307. The first-order valence-corrected chi connectivity index (χ1v) is 8.37. The average Bonchev–Trinajstić information content (AvgIpc) is 2.66. The Morgan fingerprint density at radius 2 is 1.65 bits per heavy atom. The molecule has 2 rings (SSSR count). The van der Waals surface area contributed by atoms with Gasteiger partial charge in [-0.3, -0.25) is 9.69 Å². The second-order valence-electron chi connectivity index (χ2n) is 7.80. The molecule has 1 saturated heterocycles. The van der Waals surface area contributed by atoms with Gasteiger partial charge in [-0.15, -0.1) is 0 Å². The van der Waals surface area contributed by atoms with E-state index in [0.717, 1.165) is 45.2 Å². The summed E-state index contributed by atoms with van der Waals surface area (Å²) in [6, 6.07) is 0. The highest BCUT2D eigenvalue weighted by Crippen LogP contribution is 2.48. The Morgan fingerprint density at radius 3 is 2.15 bits per heavy atom. The standard InChI is InChI=1S/C17H31NO2/c1-16(2,3)14-10-6-7-11-17(14,15(19)20)18-12-8-4-5-9-13-18/h14H,4-13H2,1-3H3,(H,19,20). The van der Waals surface area contributed by atoms with Gasteiger partial charge in [-0.2, -0.15) is 0 Å². The van der Waals surface area contributed by atoms with Crippen LogP contribution < -0.4 is 0 Å². The van der Waals surface area contributed by atoms with Gasteiger partial charge < -0.3 is 5.11 Å². The number of carbonyl (C=O) groups is 1. The minimum Gasteiger partial charge on any atom is -0.480 e. The van der Waals surface area contributed by atoms with Crippen molar-refractivity contribution in [3.8, 4) is 0 Å². The van der Waals surface area contributed by atoms with Gasteiger partial charge in [0.1, 0.15) is 5.54 Å². The molecule has 2 atom stereocenters. The summed E-state index contributed by atoms with van der Waals surface area (Å²) in [4.78, 5) is 14.6. The van der Waals surface area contributed by atoms with Gasteiger partial charge in [0.05, 0.1) is 0 Å². The van der Waals surface area contributed by atoms with Gasteiger partial charge in [-0.25, -0.2) is 0 Å². The van der Waals surface area contributed by atoms with E-state index >= 15 is 0 Å². The van der Waals surface area contributed by atoms with Crippen LogP contribution in [0.15, 0.2) is 0 Å². The molecule has 0 bridgehead atoms. The molecule has 20 heavy (non-hydrogen) atoms. The smallest absolute Gasteiger partial charge is 0.324 e. The molecule has 3 nitrogen and oxygen atoms in total. The molecule has 0 aromatic carbocycles. The molecule has 0 radical (unpaired) electrons. The molecular weight excluding hydrogens is 250 g/mol. The maximum atomic E-state index is 12.3. The van der Waals surface area contributed by atoms with Crippen molar-refractivity contribution in [2.45, 2.75) is 77.7 Å². The Labute approximate surface area is 123 Å². The fourth-order valence-corrected chi connectivity index (χ4v) is 4.54. The molecule has 0 aromatic heterocycles.